The number of aryl methyl sites for hydroxylation is 1. The Balaban J connectivity index is 1.63. The summed E-state index contributed by atoms with van der Waals surface area (Å²) in [6.07, 6.45) is 3.10. The molecular weight excluding hydrogens is 272 g/mol. The molecule has 1 aromatic rings. The van der Waals surface area contributed by atoms with E-state index >= 15 is 0 Å². The van der Waals surface area contributed by atoms with Crippen molar-refractivity contribution in [3.8, 4) is 0 Å². The normalized spacial score (nSPS) is 20.0. The SMILES string of the molecule is Cn1ncc(N)c1C(=O)N1CCC(N2CCNC2=O)CC1. The van der Waals surface area contributed by atoms with E-state index in [-0.39, 0.29) is 18.0 Å². The van der Waals surface area contributed by atoms with Crippen LogP contribution < -0.4 is 11.1 Å². The molecular formula is C13H20N6O2. The largest absolute Gasteiger partial charge is 0.396 e. The molecule has 2 aliphatic rings. The van der Waals surface area contributed by atoms with Crippen LogP contribution >= 0.6 is 0 Å². The summed E-state index contributed by atoms with van der Waals surface area (Å²) in [6, 6.07) is 0.232. The third kappa shape index (κ3) is 2.41. The zero-order valence-corrected chi connectivity index (χ0v) is 12.1. The number of urea groups is 1. The van der Waals surface area contributed by atoms with Gasteiger partial charge in [0.15, 0.2) is 0 Å². The van der Waals surface area contributed by atoms with Gasteiger partial charge in [-0.25, -0.2) is 4.79 Å². The van der Waals surface area contributed by atoms with Gasteiger partial charge >= 0.3 is 6.03 Å². The number of likely N-dealkylation sites (tertiary alicyclic amines) is 1. The van der Waals surface area contributed by atoms with Crippen LogP contribution in [0.15, 0.2) is 6.20 Å². The van der Waals surface area contributed by atoms with Crippen LogP contribution in [0.1, 0.15) is 23.3 Å². The lowest BCUT2D eigenvalue weighted by atomic mass is 10.0. The smallest absolute Gasteiger partial charge is 0.317 e. The van der Waals surface area contributed by atoms with Crippen LogP contribution in [0.25, 0.3) is 0 Å². The Kier molecular flexibility index (Phi) is 3.44. The first kappa shape index (κ1) is 13.7. The highest BCUT2D eigenvalue weighted by atomic mass is 16.2. The molecule has 0 bridgehead atoms. The number of carbonyl (C=O) groups excluding carboxylic acids is 2. The third-order valence-corrected chi connectivity index (χ3v) is 4.25. The summed E-state index contributed by atoms with van der Waals surface area (Å²) < 4.78 is 1.51. The monoisotopic (exact) mass is 292 g/mol. The second-order valence-corrected chi connectivity index (χ2v) is 5.52. The van der Waals surface area contributed by atoms with Crippen molar-refractivity contribution < 1.29 is 9.59 Å². The van der Waals surface area contributed by atoms with Gasteiger partial charge in [-0.15, -0.1) is 0 Å². The summed E-state index contributed by atoms with van der Waals surface area (Å²) in [5, 5.41) is 6.82. The number of nitrogens with two attached hydrogens (primary N) is 1. The molecule has 3 heterocycles. The highest BCUT2D eigenvalue weighted by Crippen LogP contribution is 2.21. The van der Waals surface area contributed by atoms with Crippen molar-refractivity contribution in [2.24, 2.45) is 7.05 Å². The zero-order valence-electron chi connectivity index (χ0n) is 12.1. The molecule has 3 rings (SSSR count). The lowest BCUT2D eigenvalue weighted by Gasteiger charge is -2.36. The predicted molar refractivity (Wildman–Crippen MR) is 76.7 cm³/mol. The molecule has 0 aromatic carbocycles. The van der Waals surface area contributed by atoms with Crippen molar-refractivity contribution in [3.05, 3.63) is 11.9 Å². The first-order valence-corrected chi connectivity index (χ1v) is 7.19. The number of anilines is 1. The van der Waals surface area contributed by atoms with E-state index in [1.165, 1.54) is 10.9 Å². The number of hydrogen-bond donors (Lipinski definition) is 2. The summed E-state index contributed by atoms with van der Waals surface area (Å²) in [7, 11) is 1.71. The van der Waals surface area contributed by atoms with Gasteiger partial charge < -0.3 is 20.9 Å². The first-order valence-electron chi connectivity index (χ1n) is 7.19. The lowest BCUT2D eigenvalue weighted by molar-refractivity contribution is 0.0656. The van der Waals surface area contributed by atoms with Gasteiger partial charge in [-0.1, -0.05) is 0 Å². The fourth-order valence-electron chi connectivity index (χ4n) is 3.08. The van der Waals surface area contributed by atoms with Crippen LogP contribution in [0.4, 0.5) is 10.5 Å². The van der Waals surface area contributed by atoms with Crippen molar-refractivity contribution in [3.63, 3.8) is 0 Å². The standard InChI is InChI=1S/C13H20N6O2/c1-17-11(10(14)8-16-17)12(20)18-5-2-9(3-6-18)19-7-4-15-13(19)21/h8-9H,2-7,14H2,1H3,(H,15,21). The highest BCUT2D eigenvalue weighted by molar-refractivity contribution is 5.97. The van der Waals surface area contributed by atoms with Gasteiger partial charge in [-0.3, -0.25) is 9.48 Å². The Hall–Kier alpha value is -2.25. The Morgan fingerprint density at radius 1 is 1.38 bits per heavy atom. The Morgan fingerprint density at radius 3 is 2.62 bits per heavy atom. The molecule has 1 aromatic heterocycles. The van der Waals surface area contributed by atoms with Gasteiger partial charge in [-0.2, -0.15) is 5.10 Å². The minimum Gasteiger partial charge on any atom is -0.396 e. The van der Waals surface area contributed by atoms with E-state index in [0.29, 0.717) is 31.0 Å². The number of nitrogens with one attached hydrogen (secondary N) is 1. The van der Waals surface area contributed by atoms with Gasteiger partial charge in [0.25, 0.3) is 5.91 Å². The van der Waals surface area contributed by atoms with Gasteiger partial charge in [0.05, 0.1) is 11.9 Å². The molecule has 0 aliphatic carbocycles. The van der Waals surface area contributed by atoms with Crippen LogP contribution in [-0.2, 0) is 7.05 Å². The minimum atomic E-state index is -0.0863. The van der Waals surface area contributed by atoms with Crippen LogP contribution in [-0.4, -0.2) is 63.7 Å². The number of carbonyl (C=O) groups is 2. The van der Waals surface area contributed by atoms with E-state index in [4.69, 9.17) is 5.73 Å². The molecule has 0 spiro atoms. The summed E-state index contributed by atoms with van der Waals surface area (Å²) in [4.78, 5) is 27.8. The maximum Gasteiger partial charge on any atom is 0.317 e. The summed E-state index contributed by atoms with van der Waals surface area (Å²) in [6.45, 7) is 2.74. The van der Waals surface area contributed by atoms with Crippen LogP contribution in [0.5, 0.6) is 0 Å². The van der Waals surface area contributed by atoms with Crippen LogP contribution in [0.2, 0.25) is 0 Å². The van der Waals surface area contributed by atoms with E-state index in [2.05, 4.69) is 10.4 Å². The number of amides is 3. The Bertz CT molecular complexity index is 542. The van der Waals surface area contributed by atoms with Crippen molar-refractivity contribution in [1.82, 2.24) is 24.9 Å². The third-order valence-electron chi connectivity index (χ3n) is 4.25. The van der Waals surface area contributed by atoms with Crippen LogP contribution in [0, 0.1) is 0 Å². The molecule has 114 valence electrons. The molecule has 2 saturated heterocycles. The average molecular weight is 292 g/mol. The van der Waals surface area contributed by atoms with Crippen molar-refractivity contribution in [2.75, 3.05) is 31.9 Å². The van der Waals surface area contributed by atoms with E-state index in [0.717, 1.165) is 19.4 Å². The molecule has 0 atom stereocenters. The molecule has 21 heavy (non-hydrogen) atoms. The van der Waals surface area contributed by atoms with Gasteiger partial charge in [-0.05, 0) is 12.8 Å². The predicted octanol–water partition coefficient (Wildman–Crippen LogP) is -0.368. The maximum absolute atomic E-state index is 12.5. The lowest BCUT2D eigenvalue weighted by Crippen LogP contribution is -2.48. The molecule has 3 amide bonds. The molecule has 2 aliphatic heterocycles. The van der Waals surface area contributed by atoms with Gasteiger partial charge in [0.1, 0.15) is 5.69 Å². The Morgan fingerprint density at radius 2 is 2.10 bits per heavy atom. The molecule has 8 nitrogen and oxygen atoms in total. The molecule has 0 saturated carbocycles. The quantitative estimate of drug-likeness (QED) is 0.777. The number of rotatable bonds is 2. The summed E-state index contributed by atoms with van der Waals surface area (Å²) in [5.41, 5.74) is 6.65. The van der Waals surface area contributed by atoms with E-state index < -0.39 is 0 Å². The van der Waals surface area contributed by atoms with Gasteiger partial charge in [0.2, 0.25) is 0 Å². The number of piperidine rings is 1. The van der Waals surface area contributed by atoms with Crippen LogP contribution in [0.3, 0.4) is 0 Å². The average Bonchev–Trinajstić information content (AvgIpc) is 3.05. The minimum absolute atomic E-state index is 0.00987. The number of aromatic nitrogens is 2. The van der Waals surface area contributed by atoms with E-state index in [9.17, 15) is 9.59 Å². The number of nitrogens with zero attached hydrogens (tertiary/aromatic N) is 4. The van der Waals surface area contributed by atoms with Crippen molar-refractivity contribution in [2.45, 2.75) is 18.9 Å². The fraction of sp³-hybridized carbons (Fsp3) is 0.615. The number of hydrogen-bond acceptors (Lipinski definition) is 4. The van der Waals surface area contributed by atoms with E-state index in [1.54, 1.807) is 11.9 Å². The topological polar surface area (TPSA) is 96.5 Å². The summed E-state index contributed by atoms with van der Waals surface area (Å²) in [5.74, 6) is -0.0863. The first-order chi connectivity index (χ1) is 10.1. The molecule has 3 N–H and O–H groups in total. The second kappa shape index (κ2) is 5.27. The fourth-order valence-corrected chi connectivity index (χ4v) is 3.08. The summed E-state index contributed by atoms with van der Waals surface area (Å²) >= 11 is 0. The zero-order chi connectivity index (χ0) is 15.0. The highest BCUT2D eigenvalue weighted by Gasteiger charge is 2.33. The second-order valence-electron chi connectivity index (χ2n) is 5.52. The molecule has 2 fully saturated rings. The van der Waals surface area contributed by atoms with E-state index in [1.807, 2.05) is 4.90 Å². The number of nitrogen functional groups attached to an aromatic ring is 1. The molecule has 8 heteroatoms. The Labute approximate surface area is 122 Å². The molecule has 0 unspecified atom stereocenters. The van der Waals surface area contributed by atoms with Crippen molar-refractivity contribution in [1.29, 1.82) is 0 Å². The maximum atomic E-state index is 12.5. The van der Waals surface area contributed by atoms with Crippen molar-refractivity contribution >= 4 is 17.6 Å². The molecule has 0 radical (unpaired) electrons. The van der Waals surface area contributed by atoms with Gasteiger partial charge in [0, 0.05) is 39.3 Å².